The SMILES string of the molecule is CN=C(NCC1CCCOC1C(C)(C)C)N1CCN(S(=O)(=O)Cc2ccon2)CC1.I. The van der Waals surface area contributed by atoms with Gasteiger partial charge in [0.2, 0.25) is 10.0 Å². The highest BCUT2D eigenvalue weighted by atomic mass is 127. The second-order valence-corrected chi connectivity index (χ2v) is 11.1. The van der Waals surface area contributed by atoms with Crippen molar-refractivity contribution in [1.82, 2.24) is 19.7 Å². The van der Waals surface area contributed by atoms with Gasteiger partial charge in [-0.2, -0.15) is 4.31 Å². The Balaban J connectivity index is 0.00000341. The Bertz CT molecular complexity index is 802. The van der Waals surface area contributed by atoms with E-state index in [1.807, 2.05) is 0 Å². The monoisotopic (exact) mass is 569 g/mol. The second kappa shape index (κ2) is 11.3. The molecule has 0 spiro atoms. The third kappa shape index (κ3) is 7.03. The van der Waals surface area contributed by atoms with Crippen LogP contribution in [-0.2, 0) is 20.5 Å². The molecule has 2 fully saturated rings. The van der Waals surface area contributed by atoms with E-state index in [0.29, 0.717) is 37.8 Å². The molecule has 2 saturated heterocycles. The van der Waals surface area contributed by atoms with Gasteiger partial charge >= 0.3 is 0 Å². The Morgan fingerprint density at radius 1 is 1.29 bits per heavy atom. The fourth-order valence-electron chi connectivity index (χ4n) is 4.33. The minimum atomic E-state index is -3.41. The molecule has 2 aliphatic heterocycles. The summed E-state index contributed by atoms with van der Waals surface area (Å²) in [6.45, 7) is 10.4. The summed E-state index contributed by atoms with van der Waals surface area (Å²) in [4.78, 5) is 6.55. The predicted molar refractivity (Wildman–Crippen MR) is 131 cm³/mol. The smallest absolute Gasteiger partial charge is 0.220 e. The number of nitrogens with zero attached hydrogens (tertiary/aromatic N) is 4. The van der Waals surface area contributed by atoms with Gasteiger partial charge in [0.15, 0.2) is 5.96 Å². The zero-order valence-corrected chi connectivity index (χ0v) is 22.1. The van der Waals surface area contributed by atoms with Crippen molar-refractivity contribution < 1.29 is 17.7 Å². The van der Waals surface area contributed by atoms with E-state index < -0.39 is 10.0 Å². The average molecular weight is 570 g/mol. The molecule has 2 aliphatic rings. The lowest BCUT2D eigenvalue weighted by atomic mass is 9.78. The van der Waals surface area contributed by atoms with Crippen LogP contribution in [0.3, 0.4) is 0 Å². The molecule has 178 valence electrons. The van der Waals surface area contributed by atoms with E-state index in [9.17, 15) is 8.42 Å². The molecule has 11 heteroatoms. The molecule has 0 amide bonds. The summed E-state index contributed by atoms with van der Waals surface area (Å²) in [5.74, 6) is 1.12. The van der Waals surface area contributed by atoms with Gasteiger partial charge in [-0.25, -0.2) is 8.42 Å². The molecule has 1 N–H and O–H groups in total. The summed E-state index contributed by atoms with van der Waals surface area (Å²) >= 11 is 0. The van der Waals surface area contributed by atoms with Crippen LogP contribution in [0.5, 0.6) is 0 Å². The Morgan fingerprint density at radius 3 is 2.58 bits per heavy atom. The topological polar surface area (TPSA) is 100 Å². The van der Waals surface area contributed by atoms with E-state index in [-0.39, 0.29) is 41.2 Å². The van der Waals surface area contributed by atoms with Gasteiger partial charge in [0, 0.05) is 58.4 Å². The zero-order valence-electron chi connectivity index (χ0n) is 18.9. The molecule has 0 saturated carbocycles. The lowest BCUT2D eigenvalue weighted by Crippen LogP contribution is -2.55. The number of sulfonamides is 1. The summed E-state index contributed by atoms with van der Waals surface area (Å²) < 4.78 is 37.6. The lowest BCUT2D eigenvalue weighted by molar-refractivity contribution is -0.0836. The van der Waals surface area contributed by atoms with Crippen molar-refractivity contribution in [3.8, 4) is 0 Å². The molecule has 2 unspecified atom stereocenters. The number of halogens is 1. The number of hydrogen-bond acceptors (Lipinski definition) is 6. The molecule has 3 rings (SSSR count). The molecule has 0 aromatic carbocycles. The molecule has 0 bridgehead atoms. The number of piperazine rings is 1. The molecule has 2 atom stereocenters. The summed E-state index contributed by atoms with van der Waals surface area (Å²) in [5.41, 5.74) is 0.526. The first-order chi connectivity index (χ1) is 14.2. The quantitative estimate of drug-likeness (QED) is 0.330. The third-order valence-corrected chi connectivity index (χ3v) is 7.60. The molecule has 0 radical (unpaired) electrons. The fraction of sp³-hybridized carbons (Fsp3) is 0.800. The second-order valence-electron chi connectivity index (χ2n) is 9.12. The van der Waals surface area contributed by atoms with Gasteiger partial charge in [-0.05, 0) is 18.3 Å². The van der Waals surface area contributed by atoms with Crippen LogP contribution in [0.1, 0.15) is 39.3 Å². The maximum absolute atomic E-state index is 12.6. The van der Waals surface area contributed by atoms with E-state index in [1.165, 1.54) is 10.6 Å². The van der Waals surface area contributed by atoms with Crippen molar-refractivity contribution in [3.05, 3.63) is 18.0 Å². The van der Waals surface area contributed by atoms with Gasteiger partial charge in [-0.15, -0.1) is 24.0 Å². The largest absolute Gasteiger partial charge is 0.377 e. The highest BCUT2D eigenvalue weighted by molar-refractivity contribution is 14.0. The van der Waals surface area contributed by atoms with E-state index >= 15 is 0 Å². The van der Waals surface area contributed by atoms with Crippen LogP contribution in [0.15, 0.2) is 21.8 Å². The third-order valence-electron chi connectivity index (χ3n) is 5.79. The van der Waals surface area contributed by atoms with Crippen molar-refractivity contribution in [2.45, 2.75) is 45.5 Å². The van der Waals surface area contributed by atoms with Crippen LogP contribution in [0, 0.1) is 11.3 Å². The van der Waals surface area contributed by atoms with E-state index in [1.54, 1.807) is 13.1 Å². The normalized spacial score (nSPS) is 24.0. The Kier molecular flexibility index (Phi) is 9.58. The molecular weight excluding hydrogens is 533 g/mol. The van der Waals surface area contributed by atoms with Crippen molar-refractivity contribution in [1.29, 1.82) is 0 Å². The number of rotatable bonds is 5. The average Bonchev–Trinajstić information content (AvgIpc) is 3.21. The Morgan fingerprint density at radius 2 is 2.00 bits per heavy atom. The van der Waals surface area contributed by atoms with Crippen LogP contribution < -0.4 is 5.32 Å². The van der Waals surface area contributed by atoms with Gasteiger partial charge in [0.1, 0.15) is 12.0 Å². The number of aliphatic imine (C=N–C) groups is 1. The minimum Gasteiger partial charge on any atom is -0.377 e. The first kappa shape index (κ1) is 26.3. The van der Waals surface area contributed by atoms with Crippen molar-refractivity contribution in [3.63, 3.8) is 0 Å². The van der Waals surface area contributed by atoms with Gasteiger partial charge < -0.3 is 19.5 Å². The summed E-state index contributed by atoms with van der Waals surface area (Å²) in [5, 5.41) is 7.22. The van der Waals surface area contributed by atoms with Crippen molar-refractivity contribution in [2.24, 2.45) is 16.3 Å². The van der Waals surface area contributed by atoms with Crippen LogP contribution in [-0.4, -0.2) is 81.2 Å². The number of hydrogen-bond donors (Lipinski definition) is 1. The summed E-state index contributed by atoms with van der Waals surface area (Å²) in [6, 6.07) is 1.58. The molecule has 0 aliphatic carbocycles. The fourth-order valence-corrected chi connectivity index (χ4v) is 5.76. The number of nitrogens with one attached hydrogen (secondary N) is 1. The number of ether oxygens (including phenoxy) is 1. The highest BCUT2D eigenvalue weighted by Crippen LogP contribution is 2.33. The van der Waals surface area contributed by atoms with Crippen LogP contribution in [0.4, 0.5) is 0 Å². The lowest BCUT2D eigenvalue weighted by Gasteiger charge is -2.41. The molecule has 3 heterocycles. The molecule has 31 heavy (non-hydrogen) atoms. The van der Waals surface area contributed by atoms with Gasteiger partial charge in [0.25, 0.3) is 0 Å². The summed E-state index contributed by atoms with van der Waals surface area (Å²) in [6.07, 6.45) is 3.83. The Hall–Kier alpha value is -0.920. The molecule has 1 aromatic rings. The van der Waals surface area contributed by atoms with Crippen LogP contribution in [0.2, 0.25) is 0 Å². The van der Waals surface area contributed by atoms with Gasteiger partial charge in [-0.3, -0.25) is 4.99 Å². The Labute approximate surface area is 203 Å². The van der Waals surface area contributed by atoms with Crippen LogP contribution in [0.25, 0.3) is 0 Å². The number of aromatic nitrogens is 1. The summed E-state index contributed by atoms with van der Waals surface area (Å²) in [7, 11) is -1.64. The van der Waals surface area contributed by atoms with E-state index in [0.717, 1.165) is 32.0 Å². The standard InChI is InChI=1S/C20H35N5O4S.HI/c1-20(2,3)18-16(6-5-12-28-18)14-22-19(21-4)24-8-10-25(11-9-24)30(26,27)15-17-7-13-29-23-17;/h7,13,16,18H,5-6,8-12,14-15H2,1-4H3,(H,21,22);1H. The molecule has 9 nitrogen and oxygen atoms in total. The van der Waals surface area contributed by atoms with E-state index in [2.05, 4.69) is 41.1 Å². The van der Waals surface area contributed by atoms with Gasteiger partial charge in [0.05, 0.1) is 11.8 Å². The highest BCUT2D eigenvalue weighted by Gasteiger charge is 2.36. The minimum absolute atomic E-state index is 0. The maximum atomic E-state index is 12.6. The zero-order chi connectivity index (χ0) is 21.8. The maximum Gasteiger partial charge on any atom is 0.220 e. The van der Waals surface area contributed by atoms with Crippen LogP contribution >= 0.6 is 24.0 Å². The van der Waals surface area contributed by atoms with Crippen molar-refractivity contribution >= 4 is 40.0 Å². The molecular formula is C20H36IN5O4S. The first-order valence-corrected chi connectivity index (χ1v) is 12.3. The molecule has 1 aromatic heterocycles. The predicted octanol–water partition coefficient (Wildman–Crippen LogP) is 2.16. The van der Waals surface area contributed by atoms with Gasteiger partial charge in [-0.1, -0.05) is 25.9 Å². The number of guanidine groups is 1. The van der Waals surface area contributed by atoms with E-state index in [4.69, 9.17) is 9.26 Å². The van der Waals surface area contributed by atoms with Crippen molar-refractivity contribution in [2.75, 3.05) is 46.4 Å². The first-order valence-electron chi connectivity index (χ1n) is 10.6.